The molecule has 8 nitrogen and oxygen atoms in total. The second kappa shape index (κ2) is 9.97. The monoisotopic (exact) mass is 518 g/mol. The van der Waals surface area contributed by atoms with Crippen LogP contribution in [0.25, 0.3) is 0 Å². The molecule has 152 valence electrons. The van der Waals surface area contributed by atoms with Crippen molar-refractivity contribution in [2.75, 3.05) is 38.7 Å². The molecule has 3 rings (SSSR count). The molecule has 0 bridgehead atoms. The maximum Gasteiger partial charge on any atom is 0.246 e. The summed E-state index contributed by atoms with van der Waals surface area (Å²) in [5.41, 5.74) is 1.74. The number of aromatic nitrogens is 2. The zero-order chi connectivity index (χ0) is 19.4. The first-order valence-electron chi connectivity index (χ1n) is 8.59. The molecule has 10 heteroatoms. The largest absolute Gasteiger partial charge is 0.496 e. The minimum absolute atomic E-state index is 0. The number of guanidine groups is 1. The van der Waals surface area contributed by atoms with E-state index >= 15 is 0 Å². The quantitative estimate of drug-likeness (QED) is 0.381. The summed E-state index contributed by atoms with van der Waals surface area (Å²) in [6.07, 6.45) is 3.54. The molecule has 1 fully saturated rings. The Labute approximate surface area is 186 Å². The summed E-state index contributed by atoms with van der Waals surface area (Å²) in [4.78, 5) is 20.6. The number of aryl methyl sites for hydroxylation is 1. The zero-order valence-electron chi connectivity index (χ0n) is 16.1. The number of amides is 1. The maximum atomic E-state index is 12.6. The van der Waals surface area contributed by atoms with Crippen LogP contribution in [-0.4, -0.2) is 60.3 Å². The Balaban J connectivity index is 0.00000280. The Hall–Kier alpha value is -2.01. The number of anilines is 1. The average molecular weight is 519 g/mol. The van der Waals surface area contributed by atoms with Crippen LogP contribution in [0, 0.1) is 0 Å². The van der Waals surface area contributed by atoms with E-state index in [0.717, 1.165) is 17.0 Å². The van der Waals surface area contributed by atoms with Gasteiger partial charge in [0.05, 0.1) is 19.0 Å². The van der Waals surface area contributed by atoms with E-state index in [1.54, 1.807) is 36.0 Å². The number of ether oxygens (including phenoxy) is 1. The molecule has 0 radical (unpaired) electrons. The number of halogens is 2. The summed E-state index contributed by atoms with van der Waals surface area (Å²) < 4.78 is 7.06. The van der Waals surface area contributed by atoms with E-state index < -0.39 is 0 Å². The van der Waals surface area contributed by atoms with Crippen LogP contribution in [0.15, 0.2) is 35.6 Å². The number of hydrogen-bond donors (Lipinski definition) is 1. The number of aliphatic imine (C=N–C) groups is 1. The SMILES string of the molecule is CN=C(NCc1cc(Cl)ccc1OC)N1CCN(c2cnn(C)c2)C(=O)C1.I. The topological polar surface area (TPSA) is 75.0 Å². The van der Waals surface area contributed by atoms with Gasteiger partial charge in [0.1, 0.15) is 12.3 Å². The van der Waals surface area contributed by atoms with Crippen LogP contribution >= 0.6 is 35.6 Å². The third kappa shape index (κ3) is 5.07. The average Bonchev–Trinajstić information content (AvgIpc) is 3.08. The fraction of sp³-hybridized carbons (Fsp3) is 0.389. The van der Waals surface area contributed by atoms with Crippen molar-refractivity contribution in [3.05, 3.63) is 41.2 Å². The van der Waals surface area contributed by atoms with Gasteiger partial charge < -0.3 is 19.9 Å². The summed E-state index contributed by atoms with van der Waals surface area (Å²) in [6, 6.07) is 5.47. The van der Waals surface area contributed by atoms with Gasteiger partial charge in [-0.15, -0.1) is 24.0 Å². The number of benzene rings is 1. The van der Waals surface area contributed by atoms with Gasteiger partial charge in [0.2, 0.25) is 5.91 Å². The molecular formula is C18H24ClIN6O2. The number of piperazine rings is 1. The highest BCUT2D eigenvalue weighted by atomic mass is 127. The molecule has 0 spiro atoms. The minimum atomic E-state index is 0. The Kier molecular flexibility index (Phi) is 7.93. The van der Waals surface area contributed by atoms with Crippen LogP contribution in [-0.2, 0) is 18.4 Å². The predicted molar refractivity (Wildman–Crippen MR) is 121 cm³/mol. The van der Waals surface area contributed by atoms with Gasteiger partial charge in [-0.2, -0.15) is 5.10 Å². The van der Waals surface area contributed by atoms with Gasteiger partial charge in [-0.3, -0.25) is 14.5 Å². The molecule has 0 aliphatic carbocycles. The van der Waals surface area contributed by atoms with Crippen LogP contribution in [0.2, 0.25) is 5.02 Å². The summed E-state index contributed by atoms with van der Waals surface area (Å²) in [6.45, 7) is 1.99. The summed E-state index contributed by atoms with van der Waals surface area (Å²) in [5.74, 6) is 1.42. The number of methoxy groups -OCH3 is 1. The van der Waals surface area contributed by atoms with Crippen molar-refractivity contribution in [3.63, 3.8) is 0 Å². The predicted octanol–water partition coefficient (Wildman–Crippen LogP) is 2.12. The van der Waals surface area contributed by atoms with E-state index in [1.165, 1.54) is 0 Å². The molecule has 0 atom stereocenters. The first kappa shape index (κ1) is 22.3. The van der Waals surface area contributed by atoms with Crippen LogP contribution in [0.5, 0.6) is 5.75 Å². The fourth-order valence-electron chi connectivity index (χ4n) is 3.07. The fourth-order valence-corrected chi connectivity index (χ4v) is 3.26. The summed E-state index contributed by atoms with van der Waals surface area (Å²) in [5, 5.41) is 8.06. The molecule has 28 heavy (non-hydrogen) atoms. The van der Waals surface area contributed by atoms with E-state index in [1.807, 2.05) is 30.3 Å². The van der Waals surface area contributed by atoms with Crippen molar-refractivity contribution in [1.29, 1.82) is 0 Å². The van der Waals surface area contributed by atoms with Gasteiger partial charge in [-0.05, 0) is 18.2 Å². The maximum absolute atomic E-state index is 12.6. The number of rotatable bonds is 4. The lowest BCUT2D eigenvalue weighted by Crippen LogP contribution is -2.55. The van der Waals surface area contributed by atoms with Crippen LogP contribution in [0.3, 0.4) is 0 Å². The highest BCUT2D eigenvalue weighted by Gasteiger charge is 2.27. The molecule has 0 unspecified atom stereocenters. The lowest BCUT2D eigenvalue weighted by atomic mass is 10.2. The summed E-state index contributed by atoms with van der Waals surface area (Å²) in [7, 11) is 5.16. The molecule has 0 saturated carbocycles. The molecule has 1 saturated heterocycles. The number of carbonyl (C=O) groups is 1. The van der Waals surface area contributed by atoms with Crippen molar-refractivity contribution >= 4 is 53.1 Å². The van der Waals surface area contributed by atoms with Gasteiger partial charge in [0, 0.05) is 50.5 Å². The lowest BCUT2D eigenvalue weighted by molar-refractivity contribution is -0.120. The van der Waals surface area contributed by atoms with E-state index in [0.29, 0.717) is 30.6 Å². The minimum Gasteiger partial charge on any atom is -0.496 e. The van der Waals surface area contributed by atoms with Gasteiger partial charge >= 0.3 is 0 Å². The standard InChI is InChI=1S/C18H23ClN6O2.HI/c1-20-18(21-9-13-8-14(19)4-5-16(13)27-3)24-6-7-25(17(26)12-24)15-10-22-23(2)11-15;/h4-5,8,10-11H,6-7,9,12H2,1-3H3,(H,20,21);1H. The molecule has 2 aromatic rings. The van der Waals surface area contributed by atoms with Gasteiger partial charge in [0.25, 0.3) is 0 Å². The van der Waals surface area contributed by atoms with E-state index in [9.17, 15) is 4.79 Å². The van der Waals surface area contributed by atoms with Crippen molar-refractivity contribution in [2.45, 2.75) is 6.54 Å². The Bertz CT molecular complexity index is 856. The van der Waals surface area contributed by atoms with Gasteiger partial charge in [-0.25, -0.2) is 0 Å². The van der Waals surface area contributed by atoms with Gasteiger partial charge in [-0.1, -0.05) is 11.6 Å². The normalized spacial score (nSPS) is 14.7. The Morgan fingerprint density at radius 1 is 1.39 bits per heavy atom. The second-order valence-electron chi connectivity index (χ2n) is 6.20. The van der Waals surface area contributed by atoms with Crippen molar-refractivity contribution in [2.24, 2.45) is 12.0 Å². The molecule has 1 aromatic heterocycles. The van der Waals surface area contributed by atoms with Crippen LogP contribution < -0.4 is 15.0 Å². The van der Waals surface area contributed by atoms with Crippen molar-refractivity contribution in [1.82, 2.24) is 20.0 Å². The zero-order valence-corrected chi connectivity index (χ0v) is 19.1. The first-order chi connectivity index (χ1) is 13.0. The lowest BCUT2D eigenvalue weighted by Gasteiger charge is -2.35. The first-order valence-corrected chi connectivity index (χ1v) is 8.96. The summed E-state index contributed by atoms with van der Waals surface area (Å²) >= 11 is 6.09. The Morgan fingerprint density at radius 2 is 2.18 bits per heavy atom. The number of nitrogens with one attached hydrogen (secondary N) is 1. The van der Waals surface area contributed by atoms with Crippen LogP contribution in [0.1, 0.15) is 5.56 Å². The molecule has 1 amide bonds. The van der Waals surface area contributed by atoms with E-state index in [-0.39, 0.29) is 36.4 Å². The van der Waals surface area contributed by atoms with E-state index in [2.05, 4.69) is 15.4 Å². The second-order valence-corrected chi connectivity index (χ2v) is 6.63. The smallest absolute Gasteiger partial charge is 0.246 e. The molecule has 2 heterocycles. The molecular weight excluding hydrogens is 495 g/mol. The van der Waals surface area contributed by atoms with Crippen LogP contribution in [0.4, 0.5) is 5.69 Å². The highest BCUT2D eigenvalue weighted by molar-refractivity contribution is 14.0. The molecule has 1 aromatic carbocycles. The van der Waals surface area contributed by atoms with Gasteiger partial charge in [0.15, 0.2) is 5.96 Å². The van der Waals surface area contributed by atoms with Crippen molar-refractivity contribution in [3.8, 4) is 5.75 Å². The van der Waals surface area contributed by atoms with E-state index in [4.69, 9.17) is 16.3 Å². The molecule has 1 aliphatic rings. The van der Waals surface area contributed by atoms with Crippen molar-refractivity contribution < 1.29 is 9.53 Å². The number of hydrogen-bond acceptors (Lipinski definition) is 4. The number of carbonyl (C=O) groups excluding carboxylic acids is 1. The third-order valence-electron chi connectivity index (χ3n) is 4.41. The number of nitrogens with zero attached hydrogens (tertiary/aromatic N) is 5. The molecule has 1 N–H and O–H groups in total. The third-order valence-corrected chi connectivity index (χ3v) is 4.65. The molecule has 1 aliphatic heterocycles. The highest BCUT2D eigenvalue weighted by Crippen LogP contribution is 2.22. The Morgan fingerprint density at radius 3 is 2.79 bits per heavy atom.